The zero-order valence-electron chi connectivity index (χ0n) is 15.4. The molecule has 0 saturated heterocycles. The van der Waals surface area contributed by atoms with Gasteiger partial charge in [0.2, 0.25) is 0 Å². The van der Waals surface area contributed by atoms with Crippen LogP contribution in [0.4, 0.5) is 17.2 Å². The molecule has 0 N–H and O–H groups in total. The van der Waals surface area contributed by atoms with Crippen molar-refractivity contribution in [2.24, 2.45) is 4.99 Å². The number of anilines is 2. The molecule has 1 amide bonds. The van der Waals surface area contributed by atoms with Gasteiger partial charge in [-0.3, -0.25) is 4.79 Å². The van der Waals surface area contributed by atoms with E-state index < -0.39 is 0 Å². The van der Waals surface area contributed by atoms with Crippen LogP contribution in [-0.2, 0) is 11.2 Å². The van der Waals surface area contributed by atoms with Gasteiger partial charge < -0.3 is 9.80 Å². The first-order valence-electron chi connectivity index (χ1n) is 8.34. The highest BCUT2D eigenvalue weighted by Gasteiger charge is 2.25. The van der Waals surface area contributed by atoms with Gasteiger partial charge in [0.1, 0.15) is 17.7 Å². The maximum Gasteiger partial charge on any atom is 0.267 e. The van der Waals surface area contributed by atoms with Crippen molar-refractivity contribution in [2.75, 3.05) is 25.5 Å². The molecule has 0 radical (unpaired) electrons. The fourth-order valence-corrected chi connectivity index (χ4v) is 3.07. The quantitative estimate of drug-likeness (QED) is 0.808. The van der Waals surface area contributed by atoms with E-state index in [2.05, 4.69) is 45.0 Å². The molecule has 1 aliphatic rings. The normalized spacial score (nSPS) is 13.8. The van der Waals surface area contributed by atoms with E-state index in [1.807, 2.05) is 6.92 Å². The molecule has 6 heteroatoms. The van der Waals surface area contributed by atoms with Crippen LogP contribution in [0.1, 0.15) is 23.7 Å². The highest BCUT2D eigenvalue weighted by Crippen LogP contribution is 2.39. The molecule has 25 heavy (non-hydrogen) atoms. The fourth-order valence-electron chi connectivity index (χ4n) is 3.07. The van der Waals surface area contributed by atoms with Gasteiger partial charge in [0.15, 0.2) is 5.82 Å². The Bertz CT molecular complexity index is 857. The van der Waals surface area contributed by atoms with Crippen LogP contribution in [0.2, 0.25) is 0 Å². The molecule has 130 valence electrons. The third-order valence-corrected chi connectivity index (χ3v) is 4.37. The van der Waals surface area contributed by atoms with Crippen molar-refractivity contribution in [2.45, 2.75) is 27.2 Å². The van der Waals surface area contributed by atoms with E-state index in [9.17, 15) is 4.79 Å². The summed E-state index contributed by atoms with van der Waals surface area (Å²) >= 11 is 0. The minimum absolute atomic E-state index is 0.119. The van der Waals surface area contributed by atoms with E-state index in [1.54, 1.807) is 27.3 Å². The lowest BCUT2D eigenvalue weighted by atomic mass is 10.1. The standard InChI is InChI=1S/C19H23N5O/c1-12-6-7-16-15(10-12)8-9-24(16)18-17(13(2)20-11-21-18)22-14(3)19(25)23(4)5/h6-7,10-11H,8-9H2,1-5H3. The maximum absolute atomic E-state index is 12.2. The van der Waals surface area contributed by atoms with Crippen molar-refractivity contribution < 1.29 is 4.79 Å². The Morgan fingerprint density at radius 1 is 1.24 bits per heavy atom. The van der Waals surface area contributed by atoms with E-state index in [0.717, 1.165) is 30.2 Å². The largest absolute Gasteiger partial charge is 0.344 e. The van der Waals surface area contributed by atoms with Crippen molar-refractivity contribution in [3.63, 3.8) is 0 Å². The van der Waals surface area contributed by atoms with Crippen LogP contribution in [0, 0.1) is 13.8 Å². The smallest absolute Gasteiger partial charge is 0.267 e. The first-order valence-corrected chi connectivity index (χ1v) is 8.34. The van der Waals surface area contributed by atoms with Crippen LogP contribution in [0.25, 0.3) is 0 Å². The van der Waals surface area contributed by atoms with E-state index in [0.29, 0.717) is 11.4 Å². The van der Waals surface area contributed by atoms with E-state index >= 15 is 0 Å². The molecule has 0 spiro atoms. The molecule has 6 nitrogen and oxygen atoms in total. The Balaban J connectivity index is 2.07. The number of aliphatic imine (C=N–C) groups is 1. The van der Waals surface area contributed by atoms with Crippen LogP contribution in [0.3, 0.4) is 0 Å². The number of nitrogens with zero attached hydrogens (tertiary/aromatic N) is 5. The van der Waals surface area contributed by atoms with Gasteiger partial charge in [-0.25, -0.2) is 15.0 Å². The molecule has 0 bridgehead atoms. The average molecular weight is 337 g/mol. The van der Waals surface area contributed by atoms with Gasteiger partial charge in [-0.2, -0.15) is 0 Å². The van der Waals surface area contributed by atoms with Gasteiger partial charge in [-0.1, -0.05) is 17.7 Å². The number of aromatic nitrogens is 2. The summed E-state index contributed by atoms with van der Waals surface area (Å²) < 4.78 is 0. The summed E-state index contributed by atoms with van der Waals surface area (Å²) in [5, 5.41) is 0. The van der Waals surface area contributed by atoms with Crippen LogP contribution >= 0.6 is 0 Å². The van der Waals surface area contributed by atoms with Gasteiger partial charge in [0, 0.05) is 26.3 Å². The van der Waals surface area contributed by atoms with E-state index in [-0.39, 0.29) is 5.91 Å². The zero-order chi connectivity index (χ0) is 18.1. The second kappa shape index (κ2) is 6.63. The topological polar surface area (TPSA) is 61.7 Å². The summed E-state index contributed by atoms with van der Waals surface area (Å²) in [7, 11) is 3.44. The molecule has 2 heterocycles. The molecule has 0 unspecified atom stereocenters. The van der Waals surface area contributed by atoms with Gasteiger partial charge in [-0.05, 0) is 38.8 Å². The third-order valence-electron chi connectivity index (χ3n) is 4.37. The molecular weight excluding hydrogens is 314 g/mol. The third kappa shape index (κ3) is 3.24. The monoisotopic (exact) mass is 337 g/mol. The number of rotatable bonds is 3. The van der Waals surface area contributed by atoms with Crippen molar-refractivity contribution in [1.29, 1.82) is 0 Å². The van der Waals surface area contributed by atoms with Crippen molar-refractivity contribution in [1.82, 2.24) is 14.9 Å². The number of fused-ring (bicyclic) bond motifs is 1. The van der Waals surface area contributed by atoms with E-state index in [4.69, 9.17) is 0 Å². The Hall–Kier alpha value is -2.76. The van der Waals surface area contributed by atoms with Crippen molar-refractivity contribution in [3.05, 3.63) is 41.3 Å². The predicted molar refractivity (Wildman–Crippen MR) is 100 cm³/mol. The number of hydrogen-bond acceptors (Lipinski definition) is 5. The Kier molecular flexibility index (Phi) is 4.53. The van der Waals surface area contributed by atoms with Crippen LogP contribution < -0.4 is 4.90 Å². The van der Waals surface area contributed by atoms with Crippen molar-refractivity contribution in [3.8, 4) is 0 Å². The molecular formula is C19H23N5O. The second-order valence-corrected chi connectivity index (χ2v) is 6.56. The Morgan fingerprint density at radius 3 is 2.72 bits per heavy atom. The number of carbonyl (C=O) groups is 1. The Labute approximate surface area is 148 Å². The lowest BCUT2D eigenvalue weighted by Crippen LogP contribution is -2.28. The zero-order valence-corrected chi connectivity index (χ0v) is 15.4. The Morgan fingerprint density at radius 2 is 2.00 bits per heavy atom. The molecule has 0 saturated carbocycles. The minimum Gasteiger partial charge on any atom is -0.344 e. The summed E-state index contributed by atoms with van der Waals surface area (Å²) in [6.45, 7) is 6.56. The van der Waals surface area contributed by atoms with E-state index in [1.165, 1.54) is 16.0 Å². The lowest BCUT2D eigenvalue weighted by molar-refractivity contribution is -0.121. The summed E-state index contributed by atoms with van der Waals surface area (Å²) in [6, 6.07) is 6.45. The molecule has 0 fully saturated rings. The maximum atomic E-state index is 12.2. The molecule has 1 aliphatic heterocycles. The highest BCUT2D eigenvalue weighted by molar-refractivity contribution is 6.38. The molecule has 1 aromatic carbocycles. The number of amides is 1. The van der Waals surface area contributed by atoms with Gasteiger partial charge in [0.25, 0.3) is 5.91 Å². The van der Waals surface area contributed by atoms with Crippen LogP contribution in [-0.4, -0.2) is 47.1 Å². The van der Waals surface area contributed by atoms with Crippen LogP contribution in [0.5, 0.6) is 0 Å². The van der Waals surface area contributed by atoms with Gasteiger partial charge in [0.05, 0.1) is 5.69 Å². The first kappa shape index (κ1) is 17.1. The molecule has 3 rings (SSSR count). The number of hydrogen-bond donors (Lipinski definition) is 0. The average Bonchev–Trinajstić information content (AvgIpc) is 2.98. The second-order valence-electron chi connectivity index (χ2n) is 6.56. The minimum atomic E-state index is -0.119. The van der Waals surface area contributed by atoms with Gasteiger partial charge in [-0.15, -0.1) is 0 Å². The predicted octanol–water partition coefficient (Wildman–Crippen LogP) is 2.97. The summed E-state index contributed by atoms with van der Waals surface area (Å²) in [5.74, 6) is 0.632. The lowest BCUT2D eigenvalue weighted by Gasteiger charge is -2.21. The molecule has 2 aromatic rings. The van der Waals surface area contributed by atoms with Gasteiger partial charge >= 0.3 is 0 Å². The first-order chi connectivity index (χ1) is 11.9. The molecule has 0 aliphatic carbocycles. The molecule has 1 aromatic heterocycles. The molecule has 0 atom stereocenters. The highest BCUT2D eigenvalue weighted by atomic mass is 16.2. The number of carbonyl (C=O) groups excluding carboxylic acids is 1. The summed E-state index contributed by atoms with van der Waals surface area (Å²) in [5.41, 5.74) is 5.56. The fraction of sp³-hybridized carbons (Fsp3) is 0.368. The summed E-state index contributed by atoms with van der Waals surface area (Å²) in [6.07, 6.45) is 2.53. The summed E-state index contributed by atoms with van der Waals surface area (Å²) in [4.78, 5) is 29.2. The number of benzene rings is 1. The van der Waals surface area contributed by atoms with Crippen LogP contribution in [0.15, 0.2) is 29.5 Å². The van der Waals surface area contributed by atoms with Crippen molar-refractivity contribution >= 4 is 28.8 Å². The SMILES string of the molecule is CC(=Nc1c(C)ncnc1N1CCc2cc(C)ccc21)C(=O)N(C)C. The number of aryl methyl sites for hydroxylation is 2.